The van der Waals surface area contributed by atoms with E-state index in [1.165, 1.54) is 11.8 Å². The lowest BCUT2D eigenvalue weighted by atomic mass is 10.1. The van der Waals surface area contributed by atoms with E-state index in [0.717, 1.165) is 32.1 Å². The Morgan fingerprint density at radius 1 is 0.943 bits per heavy atom. The summed E-state index contributed by atoms with van der Waals surface area (Å²) in [6.45, 7) is 2.33. The highest BCUT2D eigenvalue weighted by Crippen LogP contribution is 2.37. The predicted octanol–water partition coefficient (Wildman–Crippen LogP) is 4.33. The molecule has 0 spiro atoms. The standard InChI is InChI=1S/C27H26N4O3S/c1-17-9-11-19(12-10-17)31-16-18(13-25(31)32)26(33)28-21-14-22-23(30(3)27(34)29(22)2)15-24(21)35-20-7-5-4-6-8-20/h4-12,14-15,18H,13,16H2,1-3H3,(H,28,33). The van der Waals surface area contributed by atoms with E-state index in [1.807, 2.05) is 73.7 Å². The average molecular weight is 487 g/mol. The zero-order chi connectivity index (χ0) is 24.7. The van der Waals surface area contributed by atoms with Crippen molar-refractivity contribution < 1.29 is 9.59 Å². The van der Waals surface area contributed by atoms with E-state index < -0.39 is 5.92 Å². The molecule has 1 N–H and O–H groups in total. The maximum absolute atomic E-state index is 13.3. The van der Waals surface area contributed by atoms with Crippen molar-refractivity contribution in [2.24, 2.45) is 20.0 Å². The molecule has 2 heterocycles. The van der Waals surface area contributed by atoms with Gasteiger partial charge < -0.3 is 10.2 Å². The summed E-state index contributed by atoms with van der Waals surface area (Å²) in [6.07, 6.45) is 0.160. The fraction of sp³-hybridized carbons (Fsp3) is 0.222. The van der Waals surface area contributed by atoms with Crippen LogP contribution >= 0.6 is 11.8 Å². The monoisotopic (exact) mass is 486 g/mol. The normalized spacial score (nSPS) is 15.7. The molecule has 178 valence electrons. The van der Waals surface area contributed by atoms with E-state index in [2.05, 4.69) is 5.32 Å². The molecule has 35 heavy (non-hydrogen) atoms. The summed E-state index contributed by atoms with van der Waals surface area (Å²) in [7, 11) is 3.46. The van der Waals surface area contributed by atoms with Crippen molar-refractivity contribution in [3.8, 4) is 0 Å². The number of aromatic nitrogens is 2. The second-order valence-electron chi connectivity index (χ2n) is 8.88. The highest BCUT2D eigenvalue weighted by Gasteiger charge is 2.35. The van der Waals surface area contributed by atoms with Crippen LogP contribution in [0.15, 0.2) is 81.3 Å². The molecule has 1 aliphatic heterocycles. The summed E-state index contributed by atoms with van der Waals surface area (Å²) in [5, 5.41) is 3.06. The Morgan fingerprint density at radius 2 is 1.60 bits per heavy atom. The van der Waals surface area contributed by atoms with Crippen LogP contribution in [0.3, 0.4) is 0 Å². The maximum atomic E-state index is 13.3. The summed E-state index contributed by atoms with van der Waals surface area (Å²) in [5.41, 5.74) is 3.93. The summed E-state index contributed by atoms with van der Waals surface area (Å²) in [4.78, 5) is 42.1. The first kappa shape index (κ1) is 23.0. The summed E-state index contributed by atoms with van der Waals surface area (Å²) < 4.78 is 3.17. The molecule has 4 aromatic rings. The van der Waals surface area contributed by atoms with Crippen LogP contribution in [0.4, 0.5) is 11.4 Å². The number of imidazole rings is 1. The van der Waals surface area contributed by atoms with E-state index in [9.17, 15) is 14.4 Å². The number of hydrogen-bond acceptors (Lipinski definition) is 4. The lowest BCUT2D eigenvalue weighted by Crippen LogP contribution is -2.28. The van der Waals surface area contributed by atoms with E-state index in [0.29, 0.717) is 12.2 Å². The van der Waals surface area contributed by atoms with Gasteiger partial charge in [0.25, 0.3) is 0 Å². The third kappa shape index (κ3) is 4.37. The highest BCUT2D eigenvalue weighted by atomic mass is 32.2. The van der Waals surface area contributed by atoms with Gasteiger partial charge in [-0.3, -0.25) is 18.7 Å². The SMILES string of the molecule is Cc1ccc(N2CC(C(=O)Nc3cc4c(cc3Sc3ccccc3)n(C)c(=O)n4C)CC2=O)cc1. The van der Waals surface area contributed by atoms with Crippen LogP contribution in [0.25, 0.3) is 11.0 Å². The number of aryl methyl sites for hydroxylation is 3. The molecule has 1 atom stereocenters. The zero-order valence-corrected chi connectivity index (χ0v) is 20.6. The number of anilines is 2. The Labute approximate surface area is 207 Å². The van der Waals surface area contributed by atoms with Crippen molar-refractivity contribution in [2.75, 3.05) is 16.8 Å². The van der Waals surface area contributed by atoms with Crippen LogP contribution in [0.1, 0.15) is 12.0 Å². The molecule has 1 unspecified atom stereocenters. The van der Waals surface area contributed by atoms with Gasteiger partial charge >= 0.3 is 5.69 Å². The van der Waals surface area contributed by atoms with Gasteiger partial charge in [0, 0.05) is 42.5 Å². The van der Waals surface area contributed by atoms with Gasteiger partial charge in [-0.1, -0.05) is 47.7 Å². The third-order valence-electron chi connectivity index (χ3n) is 6.44. The molecular formula is C27H26N4O3S. The second kappa shape index (κ2) is 9.11. The van der Waals surface area contributed by atoms with E-state index >= 15 is 0 Å². The molecule has 1 aliphatic rings. The van der Waals surface area contributed by atoms with Crippen LogP contribution in [-0.2, 0) is 23.7 Å². The minimum atomic E-state index is -0.464. The molecule has 0 bridgehead atoms. The van der Waals surface area contributed by atoms with Crippen LogP contribution in [0, 0.1) is 12.8 Å². The van der Waals surface area contributed by atoms with Crippen molar-refractivity contribution in [3.63, 3.8) is 0 Å². The number of nitrogens with one attached hydrogen (secondary N) is 1. The van der Waals surface area contributed by atoms with Crippen molar-refractivity contribution in [2.45, 2.75) is 23.1 Å². The minimum absolute atomic E-state index is 0.0613. The van der Waals surface area contributed by atoms with Crippen molar-refractivity contribution in [3.05, 3.63) is 82.8 Å². The second-order valence-corrected chi connectivity index (χ2v) is 10.00. The van der Waals surface area contributed by atoms with Gasteiger partial charge in [-0.15, -0.1) is 0 Å². The Kier molecular flexibility index (Phi) is 5.98. The molecule has 0 aliphatic carbocycles. The molecule has 5 rings (SSSR count). The van der Waals surface area contributed by atoms with Gasteiger partial charge in [0.2, 0.25) is 11.8 Å². The predicted molar refractivity (Wildman–Crippen MR) is 139 cm³/mol. The molecule has 8 heteroatoms. The van der Waals surface area contributed by atoms with Crippen LogP contribution in [0.5, 0.6) is 0 Å². The number of carbonyl (C=O) groups excluding carboxylic acids is 2. The number of amides is 2. The summed E-state index contributed by atoms with van der Waals surface area (Å²) >= 11 is 1.52. The number of hydrogen-bond donors (Lipinski definition) is 1. The van der Waals surface area contributed by atoms with Gasteiger partial charge in [-0.25, -0.2) is 4.79 Å². The molecule has 1 saturated heterocycles. The molecule has 1 aromatic heterocycles. The summed E-state index contributed by atoms with van der Waals surface area (Å²) in [5.74, 6) is -0.731. The van der Waals surface area contributed by atoms with E-state index in [-0.39, 0.29) is 23.9 Å². The van der Waals surface area contributed by atoms with E-state index in [1.54, 1.807) is 28.1 Å². The Hall–Kier alpha value is -3.78. The van der Waals surface area contributed by atoms with Gasteiger partial charge in [0.05, 0.1) is 22.6 Å². The summed E-state index contributed by atoms with van der Waals surface area (Å²) in [6, 6.07) is 21.4. The highest BCUT2D eigenvalue weighted by molar-refractivity contribution is 7.99. The molecule has 3 aromatic carbocycles. The molecule has 0 radical (unpaired) electrons. The first-order valence-corrected chi connectivity index (χ1v) is 12.2. The number of benzene rings is 3. The van der Waals surface area contributed by atoms with Crippen LogP contribution in [0.2, 0.25) is 0 Å². The fourth-order valence-electron chi connectivity index (χ4n) is 4.42. The van der Waals surface area contributed by atoms with Crippen molar-refractivity contribution in [1.29, 1.82) is 0 Å². The van der Waals surface area contributed by atoms with Gasteiger partial charge in [0.15, 0.2) is 0 Å². The molecule has 7 nitrogen and oxygen atoms in total. The number of rotatable bonds is 5. The lowest BCUT2D eigenvalue weighted by Gasteiger charge is -2.17. The molecule has 2 amide bonds. The molecule has 0 saturated carbocycles. The Balaban J connectivity index is 1.45. The Bertz CT molecular complexity index is 1490. The van der Waals surface area contributed by atoms with Crippen LogP contribution < -0.4 is 15.9 Å². The molecule has 1 fully saturated rings. The molecular weight excluding hydrogens is 460 g/mol. The van der Waals surface area contributed by atoms with Gasteiger partial charge in [0.1, 0.15) is 0 Å². The minimum Gasteiger partial charge on any atom is -0.325 e. The van der Waals surface area contributed by atoms with Crippen LogP contribution in [-0.4, -0.2) is 27.5 Å². The number of nitrogens with zero attached hydrogens (tertiary/aromatic N) is 3. The van der Waals surface area contributed by atoms with Gasteiger partial charge in [-0.05, 0) is 43.3 Å². The fourth-order valence-corrected chi connectivity index (χ4v) is 5.35. The largest absolute Gasteiger partial charge is 0.328 e. The zero-order valence-electron chi connectivity index (χ0n) is 19.8. The van der Waals surface area contributed by atoms with Crippen molar-refractivity contribution >= 4 is 46.0 Å². The Morgan fingerprint density at radius 3 is 2.29 bits per heavy atom. The van der Waals surface area contributed by atoms with Crippen molar-refractivity contribution in [1.82, 2.24) is 9.13 Å². The van der Waals surface area contributed by atoms with E-state index in [4.69, 9.17) is 0 Å². The quantitative estimate of drug-likeness (QED) is 0.456. The smallest absolute Gasteiger partial charge is 0.325 e. The lowest BCUT2D eigenvalue weighted by molar-refractivity contribution is -0.122. The average Bonchev–Trinajstić information content (AvgIpc) is 3.34. The number of fused-ring (bicyclic) bond motifs is 1. The van der Waals surface area contributed by atoms with Gasteiger partial charge in [-0.2, -0.15) is 0 Å². The number of carbonyl (C=O) groups is 2. The third-order valence-corrected chi connectivity index (χ3v) is 7.51. The topological polar surface area (TPSA) is 76.3 Å². The first-order valence-electron chi connectivity index (χ1n) is 11.4. The first-order chi connectivity index (χ1) is 16.8. The maximum Gasteiger partial charge on any atom is 0.328 e.